The molecule has 0 aliphatic heterocycles. The maximum Gasteiger partial charge on any atom is 0.126 e. The topological polar surface area (TPSA) is 27.8 Å². The maximum atomic E-state index is 13.6. The van der Waals surface area contributed by atoms with Crippen molar-refractivity contribution in [3.63, 3.8) is 0 Å². The summed E-state index contributed by atoms with van der Waals surface area (Å²) in [7, 11) is 0. The van der Waals surface area contributed by atoms with E-state index in [1.807, 2.05) is 36.5 Å². The van der Waals surface area contributed by atoms with Gasteiger partial charge in [-0.2, -0.15) is 0 Å². The first-order valence-electron chi connectivity index (χ1n) is 6.79. The molecule has 3 heteroatoms. The maximum absolute atomic E-state index is 13.6. The zero-order valence-electron chi connectivity index (χ0n) is 11.4. The lowest BCUT2D eigenvalue weighted by Gasteiger charge is -2.16. The van der Waals surface area contributed by atoms with Crippen molar-refractivity contribution in [3.05, 3.63) is 66.1 Å². The first kappa shape index (κ1) is 12.7. The molecule has 102 valence electrons. The molecule has 2 N–H and O–H groups in total. The van der Waals surface area contributed by atoms with E-state index in [4.69, 9.17) is 0 Å². The zero-order valence-corrected chi connectivity index (χ0v) is 11.4. The lowest BCUT2D eigenvalue weighted by Crippen LogP contribution is -2.18. The largest absolute Gasteiger partial charge is 0.382 e. The highest BCUT2D eigenvalue weighted by Gasteiger charge is 2.07. The van der Waals surface area contributed by atoms with Gasteiger partial charge in [0.2, 0.25) is 0 Å². The van der Waals surface area contributed by atoms with Crippen LogP contribution in [0.3, 0.4) is 0 Å². The second kappa shape index (κ2) is 5.37. The normalized spacial score (nSPS) is 12.5. The summed E-state index contributed by atoms with van der Waals surface area (Å²) in [6, 6.07) is 15.3. The molecule has 1 unspecified atom stereocenters. The SMILES string of the molecule is CC(Cc1ccccc1F)Nc1ccc2[nH]ccc2c1. The molecule has 0 radical (unpaired) electrons. The minimum absolute atomic E-state index is 0.137. The smallest absolute Gasteiger partial charge is 0.126 e. The summed E-state index contributed by atoms with van der Waals surface area (Å²) in [5.74, 6) is -0.137. The third-order valence-corrected chi connectivity index (χ3v) is 3.45. The molecule has 0 amide bonds. The number of fused-ring (bicyclic) bond motifs is 1. The third-order valence-electron chi connectivity index (χ3n) is 3.45. The molecule has 3 aromatic rings. The molecule has 0 aliphatic rings. The van der Waals surface area contributed by atoms with Crippen LogP contribution in [0, 0.1) is 5.82 Å². The Hall–Kier alpha value is -2.29. The second-order valence-corrected chi connectivity index (χ2v) is 5.12. The highest BCUT2D eigenvalue weighted by Crippen LogP contribution is 2.19. The van der Waals surface area contributed by atoms with E-state index in [9.17, 15) is 4.39 Å². The van der Waals surface area contributed by atoms with Gasteiger partial charge in [0.05, 0.1) is 0 Å². The van der Waals surface area contributed by atoms with E-state index in [2.05, 4.69) is 23.3 Å². The van der Waals surface area contributed by atoms with Gasteiger partial charge in [0.25, 0.3) is 0 Å². The number of H-pyrrole nitrogens is 1. The van der Waals surface area contributed by atoms with Crippen molar-refractivity contribution in [1.82, 2.24) is 4.98 Å². The van der Waals surface area contributed by atoms with Gasteiger partial charge in [0, 0.05) is 28.8 Å². The lowest BCUT2D eigenvalue weighted by atomic mass is 10.1. The van der Waals surface area contributed by atoms with Crippen molar-refractivity contribution in [2.24, 2.45) is 0 Å². The van der Waals surface area contributed by atoms with Gasteiger partial charge in [-0.25, -0.2) is 4.39 Å². The van der Waals surface area contributed by atoms with Gasteiger partial charge in [-0.05, 0) is 49.2 Å². The Morgan fingerprint density at radius 3 is 2.85 bits per heavy atom. The Morgan fingerprint density at radius 1 is 1.15 bits per heavy atom. The molecule has 0 saturated carbocycles. The molecule has 0 fully saturated rings. The first-order chi connectivity index (χ1) is 9.72. The molecular weight excluding hydrogens is 251 g/mol. The molecule has 0 aliphatic carbocycles. The number of anilines is 1. The average molecular weight is 268 g/mol. The molecule has 1 aromatic heterocycles. The molecule has 0 spiro atoms. The molecule has 0 saturated heterocycles. The first-order valence-corrected chi connectivity index (χ1v) is 6.79. The number of benzene rings is 2. The van der Waals surface area contributed by atoms with E-state index in [1.54, 1.807) is 6.07 Å². The van der Waals surface area contributed by atoms with Gasteiger partial charge in [-0.3, -0.25) is 0 Å². The van der Waals surface area contributed by atoms with Crippen LogP contribution < -0.4 is 5.32 Å². The Bertz CT molecular complexity index is 718. The summed E-state index contributed by atoms with van der Waals surface area (Å²) >= 11 is 0. The van der Waals surface area contributed by atoms with Crippen LogP contribution in [0.4, 0.5) is 10.1 Å². The van der Waals surface area contributed by atoms with Crippen molar-refractivity contribution in [2.75, 3.05) is 5.32 Å². The highest BCUT2D eigenvalue weighted by atomic mass is 19.1. The summed E-state index contributed by atoms with van der Waals surface area (Å²) in [5.41, 5.74) is 2.92. The van der Waals surface area contributed by atoms with Crippen LogP contribution >= 0.6 is 0 Å². The van der Waals surface area contributed by atoms with E-state index in [0.29, 0.717) is 6.42 Å². The van der Waals surface area contributed by atoms with E-state index < -0.39 is 0 Å². The molecule has 0 bridgehead atoms. The Morgan fingerprint density at radius 2 is 2.00 bits per heavy atom. The zero-order chi connectivity index (χ0) is 13.9. The number of aromatic amines is 1. The van der Waals surface area contributed by atoms with E-state index in [0.717, 1.165) is 16.8 Å². The summed E-state index contributed by atoms with van der Waals surface area (Å²) in [6.45, 7) is 2.06. The van der Waals surface area contributed by atoms with Crippen molar-refractivity contribution in [1.29, 1.82) is 0 Å². The molecule has 2 aromatic carbocycles. The van der Waals surface area contributed by atoms with E-state index in [-0.39, 0.29) is 11.9 Å². The predicted molar refractivity (Wildman–Crippen MR) is 81.5 cm³/mol. The molecular formula is C17H17FN2. The quantitative estimate of drug-likeness (QED) is 0.723. The monoisotopic (exact) mass is 268 g/mol. The molecule has 1 heterocycles. The number of hydrogen-bond acceptors (Lipinski definition) is 1. The van der Waals surface area contributed by atoms with Crippen LogP contribution in [-0.2, 0) is 6.42 Å². The molecule has 1 atom stereocenters. The van der Waals surface area contributed by atoms with Crippen LogP contribution in [0.2, 0.25) is 0 Å². The minimum Gasteiger partial charge on any atom is -0.382 e. The minimum atomic E-state index is -0.137. The molecule has 2 nitrogen and oxygen atoms in total. The van der Waals surface area contributed by atoms with Crippen LogP contribution in [0.1, 0.15) is 12.5 Å². The summed E-state index contributed by atoms with van der Waals surface area (Å²) in [5, 5.41) is 4.59. The van der Waals surface area contributed by atoms with Crippen LogP contribution in [0.15, 0.2) is 54.7 Å². The number of halogens is 1. The fourth-order valence-electron chi connectivity index (χ4n) is 2.47. The summed E-state index contributed by atoms with van der Waals surface area (Å²) < 4.78 is 13.6. The van der Waals surface area contributed by atoms with Gasteiger partial charge < -0.3 is 10.3 Å². The predicted octanol–water partition coefficient (Wildman–Crippen LogP) is 4.35. The Kier molecular flexibility index (Phi) is 3.42. The second-order valence-electron chi connectivity index (χ2n) is 5.12. The van der Waals surface area contributed by atoms with Crippen LogP contribution in [0.5, 0.6) is 0 Å². The van der Waals surface area contributed by atoms with Gasteiger partial charge >= 0.3 is 0 Å². The van der Waals surface area contributed by atoms with Gasteiger partial charge in [0.1, 0.15) is 5.82 Å². The standard InChI is InChI=1S/C17H17FN2/c1-12(10-13-4-2-3-5-16(13)18)20-15-6-7-17-14(11-15)8-9-19-17/h2-9,11-12,19-20H,10H2,1H3. The van der Waals surface area contributed by atoms with Crippen LogP contribution in [0.25, 0.3) is 10.9 Å². The van der Waals surface area contributed by atoms with Gasteiger partial charge in [-0.15, -0.1) is 0 Å². The van der Waals surface area contributed by atoms with Crippen LogP contribution in [-0.4, -0.2) is 11.0 Å². The number of rotatable bonds is 4. The van der Waals surface area contributed by atoms with E-state index in [1.165, 1.54) is 11.5 Å². The fraction of sp³-hybridized carbons (Fsp3) is 0.176. The number of aromatic nitrogens is 1. The lowest BCUT2D eigenvalue weighted by molar-refractivity contribution is 0.601. The van der Waals surface area contributed by atoms with Crippen molar-refractivity contribution in [3.8, 4) is 0 Å². The fourth-order valence-corrected chi connectivity index (χ4v) is 2.47. The van der Waals surface area contributed by atoms with Crippen molar-refractivity contribution in [2.45, 2.75) is 19.4 Å². The highest BCUT2D eigenvalue weighted by molar-refractivity contribution is 5.83. The van der Waals surface area contributed by atoms with Crippen molar-refractivity contribution < 1.29 is 4.39 Å². The number of hydrogen-bond donors (Lipinski definition) is 2. The molecule has 20 heavy (non-hydrogen) atoms. The average Bonchev–Trinajstić information content (AvgIpc) is 2.89. The third kappa shape index (κ3) is 2.67. The van der Waals surface area contributed by atoms with Crippen molar-refractivity contribution >= 4 is 16.6 Å². The number of nitrogens with one attached hydrogen (secondary N) is 2. The Labute approximate surface area is 117 Å². The summed E-state index contributed by atoms with van der Waals surface area (Å²) in [4.78, 5) is 3.17. The van der Waals surface area contributed by atoms with Gasteiger partial charge in [0.15, 0.2) is 0 Å². The Balaban J connectivity index is 1.72. The van der Waals surface area contributed by atoms with E-state index >= 15 is 0 Å². The van der Waals surface area contributed by atoms with Gasteiger partial charge in [-0.1, -0.05) is 18.2 Å². The molecule has 3 rings (SSSR count). The summed E-state index contributed by atoms with van der Waals surface area (Å²) in [6.07, 6.45) is 2.59.